The van der Waals surface area contributed by atoms with Crippen LogP contribution in [-0.4, -0.2) is 19.6 Å². The highest BCUT2D eigenvalue weighted by Crippen LogP contribution is 2.12. The molecule has 12 heavy (non-hydrogen) atoms. The average Bonchev–Trinajstić information content (AvgIpc) is 2.49. The van der Waals surface area contributed by atoms with Crippen LogP contribution in [0.2, 0.25) is 0 Å². The van der Waals surface area contributed by atoms with Crippen LogP contribution in [0.4, 0.5) is 0 Å². The lowest BCUT2D eigenvalue weighted by atomic mass is 10.4. The van der Waals surface area contributed by atoms with Crippen LogP contribution >= 0.6 is 15.9 Å². The molecule has 0 spiro atoms. The van der Waals surface area contributed by atoms with Crippen molar-refractivity contribution >= 4 is 21.6 Å². The predicted molar refractivity (Wildman–Crippen MR) is 47.9 cm³/mol. The normalized spacial score (nSPS) is 10.8. The van der Waals surface area contributed by atoms with Gasteiger partial charge in [-0.15, -0.1) is 10.2 Å². The van der Waals surface area contributed by atoms with Crippen LogP contribution in [0.1, 0.15) is 12.7 Å². The highest BCUT2D eigenvalue weighted by atomic mass is 79.9. The third-order valence-corrected chi connectivity index (χ3v) is 2.23. The summed E-state index contributed by atoms with van der Waals surface area (Å²) in [6.07, 6.45) is 4.45. The highest BCUT2D eigenvalue weighted by Gasteiger charge is 2.05. The van der Waals surface area contributed by atoms with Crippen LogP contribution in [0.3, 0.4) is 0 Å². The van der Waals surface area contributed by atoms with E-state index in [0.29, 0.717) is 0 Å². The van der Waals surface area contributed by atoms with E-state index in [1.165, 1.54) is 0 Å². The summed E-state index contributed by atoms with van der Waals surface area (Å²) in [5.74, 6) is 0.952. The van der Waals surface area contributed by atoms with Gasteiger partial charge in [0.05, 0.1) is 0 Å². The molecule has 0 saturated carbocycles. The second kappa shape index (κ2) is 2.82. The molecule has 62 valence electrons. The van der Waals surface area contributed by atoms with E-state index in [1.807, 2.05) is 17.5 Å². The Labute approximate surface area is 77.8 Å². The third kappa shape index (κ3) is 1.01. The van der Waals surface area contributed by atoms with Crippen molar-refractivity contribution < 1.29 is 0 Å². The third-order valence-electron chi connectivity index (χ3n) is 1.67. The van der Waals surface area contributed by atoms with E-state index in [9.17, 15) is 0 Å². The van der Waals surface area contributed by atoms with Gasteiger partial charge in [0, 0.05) is 18.8 Å². The van der Waals surface area contributed by atoms with Gasteiger partial charge in [0.1, 0.15) is 5.82 Å². The first-order valence-corrected chi connectivity index (χ1v) is 4.46. The second-order valence-corrected chi connectivity index (χ2v) is 3.13. The van der Waals surface area contributed by atoms with Crippen molar-refractivity contribution in [3.63, 3.8) is 0 Å². The Bertz CT molecular complexity index is 409. The summed E-state index contributed by atoms with van der Waals surface area (Å²) in [6.45, 7) is 2.05. The lowest BCUT2D eigenvalue weighted by Crippen LogP contribution is -1.92. The first kappa shape index (κ1) is 7.67. The summed E-state index contributed by atoms with van der Waals surface area (Å²) in [4.78, 5) is 4.05. The van der Waals surface area contributed by atoms with Gasteiger partial charge in [-0.3, -0.25) is 4.40 Å². The summed E-state index contributed by atoms with van der Waals surface area (Å²) in [5.41, 5.74) is 0.773. The number of hydrogen-bond acceptors (Lipinski definition) is 3. The van der Waals surface area contributed by atoms with Crippen LogP contribution in [0, 0.1) is 0 Å². The van der Waals surface area contributed by atoms with Gasteiger partial charge in [0.15, 0.2) is 10.3 Å². The zero-order valence-corrected chi connectivity index (χ0v) is 8.11. The maximum absolute atomic E-state index is 4.05. The number of rotatable bonds is 1. The quantitative estimate of drug-likeness (QED) is 0.740. The van der Waals surface area contributed by atoms with Crippen LogP contribution in [-0.2, 0) is 6.42 Å². The average molecular weight is 227 g/mol. The zero-order valence-electron chi connectivity index (χ0n) is 6.53. The molecule has 2 rings (SSSR count). The summed E-state index contributed by atoms with van der Waals surface area (Å²) in [6, 6.07) is 0. The molecule has 2 heterocycles. The van der Waals surface area contributed by atoms with Gasteiger partial charge >= 0.3 is 0 Å². The van der Waals surface area contributed by atoms with Crippen molar-refractivity contribution in [3.05, 3.63) is 22.8 Å². The zero-order chi connectivity index (χ0) is 8.55. The molecular weight excluding hydrogens is 220 g/mol. The Balaban J connectivity index is 2.80. The van der Waals surface area contributed by atoms with E-state index in [1.54, 1.807) is 6.20 Å². The van der Waals surface area contributed by atoms with Crippen molar-refractivity contribution in [2.24, 2.45) is 0 Å². The number of fused-ring (bicyclic) bond motifs is 1. The minimum absolute atomic E-state index is 0.734. The molecule has 0 amide bonds. The minimum Gasteiger partial charge on any atom is -0.283 e. The highest BCUT2D eigenvalue weighted by molar-refractivity contribution is 9.10. The van der Waals surface area contributed by atoms with E-state index >= 15 is 0 Å². The molecule has 0 unspecified atom stereocenters. The lowest BCUT2D eigenvalue weighted by molar-refractivity contribution is 0.906. The maximum atomic E-state index is 4.05. The largest absolute Gasteiger partial charge is 0.283 e. The molecule has 0 saturated heterocycles. The molecule has 2 aromatic rings. The second-order valence-electron chi connectivity index (χ2n) is 2.38. The fourth-order valence-electron chi connectivity index (χ4n) is 1.09. The molecule has 2 aromatic heterocycles. The Hall–Kier alpha value is -0.970. The van der Waals surface area contributed by atoms with Crippen LogP contribution < -0.4 is 0 Å². The molecule has 0 fully saturated rings. The van der Waals surface area contributed by atoms with E-state index in [0.717, 1.165) is 22.5 Å². The molecule has 4 nitrogen and oxygen atoms in total. The maximum Gasteiger partial charge on any atom is 0.193 e. The van der Waals surface area contributed by atoms with Crippen LogP contribution in [0.15, 0.2) is 17.0 Å². The number of aromatic nitrogens is 4. The van der Waals surface area contributed by atoms with Gasteiger partial charge in [-0.05, 0) is 15.9 Å². The number of halogens is 1. The van der Waals surface area contributed by atoms with E-state index in [4.69, 9.17) is 0 Å². The van der Waals surface area contributed by atoms with Crippen molar-refractivity contribution in [1.82, 2.24) is 19.6 Å². The van der Waals surface area contributed by atoms with Gasteiger partial charge < -0.3 is 0 Å². The molecular formula is C7H7BrN4. The van der Waals surface area contributed by atoms with E-state index in [2.05, 4.69) is 31.1 Å². The molecule has 0 aromatic carbocycles. The fourth-order valence-corrected chi connectivity index (χ4v) is 1.47. The van der Waals surface area contributed by atoms with E-state index < -0.39 is 0 Å². The molecule has 0 atom stereocenters. The summed E-state index contributed by atoms with van der Waals surface area (Å²) in [7, 11) is 0. The molecule has 0 aliphatic carbocycles. The number of hydrogen-bond donors (Lipinski definition) is 0. The Morgan fingerprint density at radius 2 is 2.33 bits per heavy atom. The summed E-state index contributed by atoms with van der Waals surface area (Å²) < 4.78 is 2.66. The smallest absolute Gasteiger partial charge is 0.193 e. The topological polar surface area (TPSA) is 43.1 Å². The number of nitrogens with zero attached hydrogens (tertiary/aromatic N) is 4. The van der Waals surface area contributed by atoms with Crippen LogP contribution in [0.25, 0.3) is 5.65 Å². The summed E-state index contributed by atoms with van der Waals surface area (Å²) >= 11 is 3.30. The minimum atomic E-state index is 0.734. The van der Waals surface area contributed by atoms with Gasteiger partial charge in [-0.2, -0.15) is 0 Å². The first-order valence-electron chi connectivity index (χ1n) is 3.67. The van der Waals surface area contributed by atoms with Gasteiger partial charge in [0.25, 0.3) is 0 Å². The molecule has 0 N–H and O–H groups in total. The summed E-state index contributed by atoms with van der Waals surface area (Å²) in [5, 5.41) is 8.01. The Kier molecular flexibility index (Phi) is 1.80. The standard InChI is InChI=1S/C7H7BrN4/c1-2-5-10-11-7-6(8)9-3-4-12(5)7/h3-4H,2H2,1H3. The molecule has 5 heteroatoms. The van der Waals surface area contributed by atoms with Crippen molar-refractivity contribution in [2.75, 3.05) is 0 Å². The lowest BCUT2D eigenvalue weighted by Gasteiger charge is -1.95. The molecule has 0 aliphatic rings. The van der Waals surface area contributed by atoms with Crippen molar-refractivity contribution in [3.8, 4) is 0 Å². The van der Waals surface area contributed by atoms with Gasteiger partial charge in [-0.1, -0.05) is 6.92 Å². The van der Waals surface area contributed by atoms with Gasteiger partial charge in [-0.25, -0.2) is 4.98 Å². The Morgan fingerprint density at radius 1 is 1.50 bits per heavy atom. The SMILES string of the molecule is CCc1nnc2c(Br)nccn12. The number of aryl methyl sites for hydroxylation is 1. The van der Waals surface area contributed by atoms with Crippen molar-refractivity contribution in [1.29, 1.82) is 0 Å². The predicted octanol–water partition coefficient (Wildman–Crippen LogP) is 1.45. The van der Waals surface area contributed by atoms with Gasteiger partial charge in [0.2, 0.25) is 0 Å². The monoisotopic (exact) mass is 226 g/mol. The molecule has 0 aliphatic heterocycles. The first-order chi connectivity index (χ1) is 5.83. The molecule has 0 bridgehead atoms. The molecule has 0 radical (unpaired) electrons. The van der Waals surface area contributed by atoms with Crippen molar-refractivity contribution in [2.45, 2.75) is 13.3 Å². The fraction of sp³-hybridized carbons (Fsp3) is 0.286. The van der Waals surface area contributed by atoms with E-state index in [-0.39, 0.29) is 0 Å². The van der Waals surface area contributed by atoms with Crippen LogP contribution in [0.5, 0.6) is 0 Å². The Morgan fingerprint density at radius 3 is 3.08 bits per heavy atom.